The zero-order valence-electron chi connectivity index (χ0n) is 10.8. The summed E-state index contributed by atoms with van der Waals surface area (Å²) in [4.78, 5) is 16.1. The van der Waals surface area contributed by atoms with Crippen molar-refractivity contribution in [3.63, 3.8) is 0 Å². The van der Waals surface area contributed by atoms with Gasteiger partial charge in [-0.25, -0.2) is 0 Å². The summed E-state index contributed by atoms with van der Waals surface area (Å²) in [5.41, 5.74) is 1.21. The van der Waals surface area contributed by atoms with Crippen LogP contribution in [0.1, 0.15) is 10.4 Å². The Morgan fingerprint density at radius 3 is 2.67 bits per heavy atom. The molecule has 0 saturated heterocycles. The summed E-state index contributed by atoms with van der Waals surface area (Å²) in [5, 5.41) is 6.78. The van der Waals surface area contributed by atoms with Crippen LogP contribution in [0, 0.1) is 0 Å². The van der Waals surface area contributed by atoms with Crippen molar-refractivity contribution in [1.82, 2.24) is 10.1 Å². The van der Waals surface area contributed by atoms with Crippen LogP contribution in [0.25, 0.3) is 11.5 Å². The molecule has 3 aromatic rings. The van der Waals surface area contributed by atoms with E-state index in [2.05, 4.69) is 15.5 Å². The molecule has 0 atom stereocenters. The Morgan fingerprint density at radius 1 is 1.10 bits per heavy atom. The summed E-state index contributed by atoms with van der Waals surface area (Å²) < 4.78 is 5.11. The van der Waals surface area contributed by atoms with Gasteiger partial charge in [-0.05, 0) is 35.5 Å². The number of aromatic nitrogens is 2. The zero-order valence-corrected chi connectivity index (χ0v) is 11.5. The van der Waals surface area contributed by atoms with Crippen molar-refractivity contribution < 1.29 is 9.32 Å². The highest BCUT2D eigenvalue weighted by atomic mass is 35.5. The van der Waals surface area contributed by atoms with Crippen molar-refractivity contribution in [2.45, 2.75) is 0 Å². The number of nitrogens with zero attached hydrogens (tertiary/aromatic N) is 2. The van der Waals surface area contributed by atoms with Gasteiger partial charge in [0.1, 0.15) is 0 Å². The molecule has 1 aromatic heterocycles. The Labute approximate surface area is 125 Å². The smallest absolute Gasteiger partial charge is 0.270 e. The third-order valence-corrected chi connectivity index (χ3v) is 2.99. The third-order valence-electron chi connectivity index (χ3n) is 2.76. The SMILES string of the molecule is O=C(Nc1noc(-c2ccccc2)n1)c1cccc(Cl)c1. The Morgan fingerprint density at radius 2 is 1.90 bits per heavy atom. The molecule has 0 aliphatic heterocycles. The van der Waals surface area contributed by atoms with Gasteiger partial charge < -0.3 is 4.52 Å². The van der Waals surface area contributed by atoms with Crippen LogP contribution in [-0.2, 0) is 0 Å². The van der Waals surface area contributed by atoms with E-state index >= 15 is 0 Å². The average molecular weight is 300 g/mol. The van der Waals surface area contributed by atoms with Crippen LogP contribution in [0.3, 0.4) is 0 Å². The number of hydrogen-bond donors (Lipinski definition) is 1. The highest BCUT2D eigenvalue weighted by Crippen LogP contribution is 2.18. The van der Waals surface area contributed by atoms with Crippen LogP contribution in [-0.4, -0.2) is 16.0 Å². The van der Waals surface area contributed by atoms with E-state index in [-0.39, 0.29) is 11.9 Å². The number of rotatable bonds is 3. The first-order valence-electron chi connectivity index (χ1n) is 6.18. The van der Waals surface area contributed by atoms with Crippen molar-refractivity contribution in [3.8, 4) is 11.5 Å². The number of nitrogens with one attached hydrogen (secondary N) is 1. The van der Waals surface area contributed by atoms with E-state index in [4.69, 9.17) is 16.1 Å². The predicted molar refractivity (Wildman–Crippen MR) is 79.1 cm³/mol. The average Bonchev–Trinajstić information content (AvgIpc) is 2.97. The monoisotopic (exact) mass is 299 g/mol. The van der Waals surface area contributed by atoms with Crippen LogP contribution >= 0.6 is 11.6 Å². The molecular formula is C15H10ClN3O2. The van der Waals surface area contributed by atoms with Crippen LogP contribution in [0.5, 0.6) is 0 Å². The van der Waals surface area contributed by atoms with Crippen molar-refractivity contribution >= 4 is 23.5 Å². The van der Waals surface area contributed by atoms with E-state index in [0.29, 0.717) is 16.5 Å². The van der Waals surface area contributed by atoms with E-state index in [9.17, 15) is 4.79 Å². The molecule has 0 radical (unpaired) electrons. The minimum atomic E-state index is -0.349. The van der Waals surface area contributed by atoms with Gasteiger partial charge in [0.15, 0.2) is 0 Å². The molecule has 1 amide bonds. The molecule has 0 unspecified atom stereocenters. The molecule has 104 valence electrons. The molecule has 0 bridgehead atoms. The van der Waals surface area contributed by atoms with Crippen molar-refractivity contribution in [3.05, 3.63) is 65.2 Å². The standard InChI is InChI=1S/C15H10ClN3O2/c16-12-8-4-7-11(9-12)13(20)17-15-18-14(21-19-15)10-5-2-1-3-6-10/h1-9H,(H,17,19,20). The lowest BCUT2D eigenvalue weighted by atomic mass is 10.2. The van der Waals surface area contributed by atoms with Crippen LogP contribution < -0.4 is 5.32 Å². The molecule has 0 aliphatic carbocycles. The number of benzene rings is 2. The Hall–Kier alpha value is -2.66. The molecule has 0 saturated carbocycles. The lowest BCUT2D eigenvalue weighted by molar-refractivity contribution is 0.102. The Kier molecular flexibility index (Phi) is 3.66. The normalized spacial score (nSPS) is 10.3. The number of halogens is 1. The number of hydrogen-bond acceptors (Lipinski definition) is 4. The van der Waals surface area contributed by atoms with Crippen molar-refractivity contribution in [1.29, 1.82) is 0 Å². The van der Waals surface area contributed by atoms with Crippen molar-refractivity contribution in [2.75, 3.05) is 5.32 Å². The van der Waals surface area contributed by atoms with E-state index in [1.165, 1.54) is 0 Å². The third kappa shape index (κ3) is 3.09. The quantitative estimate of drug-likeness (QED) is 0.801. The van der Waals surface area contributed by atoms with Gasteiger partial charge in [0, 0.05) is 16.1 Å². The summed E-state index contributed by atoms with van der Waals surface area (Å²) in [6.45, 7) is 0. The van der Waals surface area contributed by atoms with Gasteiger partial charge in [-0.15, -0.1) is 0 Å². The number of carbonyl (C=O) groups excluding carboxylic acids is 1. The van der Waals surface area contributed by atoms with Gasteiger partial charge in [-0.2, -0.15) is 4.98 Å². The van der Waals surface area contributed by atoms with Gasteiger partial charge in [-0.3, -0.25) is 10.1 Å². The topological polar surface area (TPSA) is 68.0 Å². The van der Waals surface area contributed by atoms with Gasteiger partial charge in [0.2, 0.25) is 0 Å². The molecule has 1 heterocycles. The molecule has 3 rings (SSSR count). The Bertz CT molecular complexity index is 771. The maximum atomic E-state index is 12.0. The second kappa shape index (κ2) is 5.76. The van der Waals surface area contributed by atoms with E-state index in [1.54, 1.807) is 24.3 Å². The second-order valence-electron chi connectivity index (χ2n) is 4.25. The largest absolute Gasteiger partial charge is 0.332 e. The maximum absolute atomic E-state index is 12.0. The minimum absolute atomic E-state index is 0.110. The van der Waals surface area contributed by atoms with Crippen LogP contribution in [0.15, 0.2) is 59.1 Å². The Balaban J connectivity index is 1.77. The molecule has 0 fully saturated rings. The first-order valence-corrected chi connectivity index (χ1v) is 6.56. The highest BCUT2D eigenvalue weighted by Gasteiger charge is 2.12. The van der Waals surface area contributed by atoms with Gasteiger partial charge in [-0.1, -0.05) is 35.9 Å². The van der Waals surface area contributed by atoms with Gasteiger partial charge >= 0.3 is 0 Å². The minimum Gasteiger partial charge on any atom is -0.332 e. The number of amides is 1. The summed E-state index contributed by atoms with van der Waals surface area (Å²) >= 11 is 5.85. The molecule has 21 heavy (non-hydrogen) atoms. The zero-order chi connectivity index (χ0) is 14.7. The summed E-state index contributed by atoms with van der Waals surface area (Å²) in [6, 6.07) is 15.9. The van der Waals surface area contributed by atoms with E-state index < -0.39 is 0 Å². The summed E-state index contributed by atoms with van der Waals surface area (Å²) in [5.74, 6) is 0.105. The predicted octanol–water partition coefficient (Wildman–Crippen LogP) is 3.64. The van der Waals surface area contributed by atoms with Gasteiger partial charge in [0.25, 0.3) is 17.7 Å². The fraction of sp³-hybridized carbons (Fsp3) is 0. The molecular weight excluding hydrogens is 290 g/mol. The number of carbonyl (C=O) groups is 1. The van der Waals surface area contributed by atoms with Crippen molar-refractivity contribution in [2.24, 2.45) is 0 Å². The molecule has 6 heteroatoms. The van der Waals surface area contributed by atoms with E-state index in [0.717, 1.165) is 5.56 Å². The molecule has 1 N–H and O–H groups in total. The fourth-order valence-corrected chi connectivity index (χ4v) is 1.97. The van der Waals surface area contributed by atoms with Crippen LogP contribution in [0.4, 0.5) is 5.95 Å². The summed E-state index contributed by atoms with van der Waals surface area (Å²) in [6.07, 6.45) is 0. The lowest BCUT2D eigenvalue weighted by Crippen LogP contribution is -2.12. The lowest BCUT2D eigenvalue weighted by Gasteiger charge is -2.00. The maximum Gasteiger partial charge on any atom is 0.270 e. The van der Waals surface area contributed by atoms with Gasteiger partial charge in [0.05, 0.1) is 0 Å². The van der Waals surface area contributed by atoms with Crippen LogP contribution in [0.2, 0.25) is 5.02 Å². The second-order valence-corrected chi connectivity index (χ2v) is 4.69. The molecule has 5 nitrogen and oxygen atoms in total. The first-order chi connectivity index (χ1) is 10.2. The molecule has 0 aliphatic rings. The molecule has 0 spiro atoms. The first kappa shape index (κ1) is 13.3. The van der Waals surface area contributed by atoms with E-state index in [1.807, 2.05) is 30.3 Å². The highest BCUT2D eigenvalue weighted by molar-refractivity contribution is 6.31. The summed E-state index contributed by atoms with van der Waals surface area (Å²) in [7, 11) is 0. The molecule has 2 aromatic carbocycles. The fourth-order valence-electron chi connectivity index (χ4n) is 1.78. The number of anilines is 1.